The van der Waals surface area contributed by atoms with Crippen molar-refractivity contribution >= 4 is 0 Å². The summed E-state index contributed by atoms with van der Waals surface area (Å²) in [6, 6.07) is 0.896. The van der Waals surface area contributed by atoms with Crippen molar-refractivity contribution in [3.8, 4) is 0 Å². The minimum absolute atomic E-state index is 0.107. The molecular formula is C6H6F3N5. The van der Waals surface area contributed by atoms with Gasteiger partial charge in [-0.25, -0.2) is 0 Å². The number of H-pyrrole nitrogens is 1. The maximum Gasteiger partial charge on any atom is 0.435 e. The minimum Gasteiger partial charge on any atom is -0.282 e. The highest BCUT2D eigenvalue weighted by Gasteiger charge is 2.33. The topological polar surface area (TPSA) is 77.4 Å². The van der Waals surface area contributed by atoms with Crippen LogP contribution in [0.1, 0.15) is 11.4 Å². The van der Waals surface area contributed by atoms with Crippen molar-refractivity contribution in [1.82, 2.24) is 10.2 Å². The molecule has 14 heavy (non-hydrogen) atoms. The fourth-order valence-electron chi connectivity index (χ4n) is 0.850. The Morgan fingerprint density at radius 3 is 2.79 bits per heavy atom. The average molecular weight is 205 g/mol. The van der Waals surface area contributed by atoms with Crippen LogP contribution < -0.4 is 0 Å². The summed E-state index contributed by atoms with van der Waals surface area (Å²) in [4.78, 5) is 2.47. The lowest BCUT2D eigenvalue weighted by Gasteiger charge is -1.98. The lowest BCUT2D eigenvalue weighted by atomic mass is 10.3. The van der Waals surface area contributed by atoms with Gasteiger partial charge in [0.15, 0.2) is 5.69 Å². The number of halogens is 3. The van der Waals surface area contributed by atoms with Gasteiger partial charge in [0.05, 0.1) is 0 Å². The van der Waals surface area contributed by atoms with E-state index in [0.717, 1.165) is 6.07 Å². The van der Waals surface area contributed by atoms with Crippen molar-refractivity contribution in [1.29, 1.82) is 0 Å². The Kier molecular flexibility index (Phi) is 2.98. The van der Waals surface area contributed by atoms with Crippen LogP contribution in [-0.2, 0) is 12.6 Å². The van der Waals surface area contributed by atoms with E-state index >= 15 is 0 Å². The molecule has 0 aliphatic carbocycles. The number of alkyl halides is 3. The Morgan fingerprint density at radius 2 is 2.29 bits per heavy atom. The summed E-state index contributed by atoms with van der Waals surface area (Å²) >= 11 is 0. The van der Waals surface area contributed by atoms with E-state index in [4.69, 9.17) is 5.53 Å². The van der Waals surface area contributed by atoms with Crippen LogP contribution in [0.15, 0.2) is 11.2 Å². The summed E-state index contributed by atoms with van der Waals surface area (Å²) in [5.41, 5.74) is 7.26. The van der Waals surface area contributed by atoms with Gasteiger partial charge in [-0.05, 0) is 18.0 Å². The van der Waals surface area contributed by atoms with Crippen LogP contribution in [0, 0.1) is 0 Å². The Labute approximate surface area is 76.6 Å². The number of hydrogen-bond acceptors (Lipinski definition) is 2. The molecule has 0 radical (unpaired) electrons. The summed E-state index contributed by atoms with van der Waals surface area (Å²) in [6.45, 7) is 0.107. The van der Waals surface area contributed by atoms with Gasteiger partial charge in [-0.3, -0.25) is 5.10 Å². The van der Waals surface area contributed by atoms with Gasteiger partial charge in [-0.15, -0.1) is 0 Å². The van der Waals surface area contributed by atoms with E-state index < -0.39 is 11.9 Å². The Bertz CT molecular complexity index is 349. The summed E-state index contributed by atoms with van der Waals surface area (Å²) in [5.74, 6) is 0. The predicted molar refractivity (Wildman–Crippen MR) is 41.3 cm³/mol. The first-order valence-electron chi connectivity index (χ1n) is 3.66. The molecule has 5 nitrogen and oxygen atoms in total. The molecule has 0 aliphatic rings. The van der Waals surface area contributed by atoms with Gasteiger partial charge in [-0.2, -0.15) is 18.3 Å². The van der Waals surface area contributed by atoms with E-state index in [0.29, 0.717) is 5.69 Å². The van der Waals surface area contributed by atoms with Crippen molar-refractivity contribution in [3.05, 3.63) is 27.9 Å². The quantitative estimate of drug-likeness (QED) is 0.458. The van der Waals surface area contributed by atoms with Crippen LogP contribution >= 0.6 is 0 Å². The lowest BCUT2D eigenvalue weighted by molar-refractivity contribution is -0.141. The maximum absolute atomic E-state index is 12.0. The molecule has 1 heterocycles. The van der Waals surface area contributed by atoms with Crippen LogP contribution in [0.4, 0.5) is 13.2 Å². The van der Waals surface area contributed by atoms with Crippen molar-refractivity contribution in [2.45, 2.75) is 12.6 Å². The van der Waals surface area contributed by atoms with E-state index in [1.165, 1.54) is 0 Å². The molecule has 0 amide bonds. The summed E-state index contributed by atoms with van der Waals surface area (Å²) in [7, 11) is 0. The summed E-state index contributed by atoms with van der Waals surface area (Å²) in [6.07, 6.45) is -4.22. The standard InChI is InChI=1S/C6H6F3N5/c7-6(8,9)5-3-4(12-13-5)1-2-11-14-10/h3H,1-2H2,(H,12,13). The number of aromatic nitrogens is 2. The molecule has 1 rings (SSSR count). The second kappa shape index (κ2) is 4.01. The highest BCUT2D eigenvalue weighted by atomic mass is 19.4. The molecule has 1 aromatic heterocycles. The summed E-state index contributed by atoms with van der Waals surface area (Å²) < 4.78 is 36.1. The van der Waals surface area contributed by atoms with Gasteiger partial charge in [0.25, 0.3) is 0 Å². The van der Waals surface area contributed by atoms with E-state index in [1.807, 2.05) is 0 Å². The molecule has 0 bridgehead atoms. The van der Waals surface area contributed by atoms with Gasteiger partial charge in [0.2, 0.25) is 0 Å². The molecule has 1 aromatic rings. The molecule has 0 aromatic carbocycles. The van der Waals surface area contributed by atoms with E-state index in [-0.39, 0.29) is 13.0 Å². The van der Waals surface area contributed by atoms with Gasteiger partial charge >= 0.3 is 6.18 Å². The Balaban J connectivity index is 2.64. The Hall–Kier alpha value is -1.69. The largest absolute Gasteiger partial charge is 0.435 e. The fraction of sp³-hybridized carbons (Fsp3) is 0.500. The molecule has 0 spiro atoms. The number of nitrogens with zero attached hydrogens (tertiary/aromatic N) is 4. The number of aromatic amines is 1. The lowest BCUT2D eigenvalue weighted by Crippen LogP contribution is -2.04. The molecule has 0 saturated carbocycles. The molecule has 76 valence electrons. The average Bonchev–Trinajstić information content (AvgIpc) is 2.52. The molecule has 0 fully saturated rings. The van der Waals surface area contributed by atoms with Gasteiger partial charge in [0, 0.05) is 17.2 Å². The molecule has 0 unspecified atom stereocenters. The first-order valence-corrected chi connectivity index (χ1v) is 3.66. The van der Waals surface area contributed by atoms with Crippen LogP contribution in [0.3, 0.4) is 0 Å². The Morgan fingerprint density at radius 1 is 1.57 bits per heavy atom. The van der Waals surface area contributed by atoms with Crippen molar-refractivity contribution < 1.29 is 13.2 Å². The van der Waals surface area contributed by atoms with Gasteiger partial charge in [0.1, 0.15) is 0 Å². The second-order valence-corrected chi connectivity index (χ2v) is 2.48. The van der Waals surface area contributed by atoms with Crippen molar-refractivity contribution in [3.63, 3.8) is 0 Å². The highest BCUT2D eigenvalue weighted by Crippen LogP contribution is 2.27. The minimum atomic E-state index is -4.44. The zero-order valence-corrected chi connectivity index (χ0v) is 6.91. The van der Waals surface area contributed by atoms with Gasteiger partial charge in [-0.1, -0.05) is 5.11 Å². The van der Waals surface area contributed by atoms with E-state index in [1.54, 1.807) is 0 Å². The molecule has 0 atom stereocenters. The smallest absolute Gasteiger partial charge is 0.282 e. The number of nitrogens with one attached hydrogen (secondary N) is 1. The van der Waals surface area contributed by atoms with E-state index in [2.05, 4.69) is 20.2 Å². The van der Waals surface area contributed by atoms with Crippen LogP contribution in [0.2, 0.25) is 0 Å². The normalized spacial score (nSPS) is 11.1. The van der Waals surface area contributed by atoms with Crippen molar-refractivity contribution in [2.75, 3.05) is 6.54 Å². The SMILES string of the molecule is [N-]=[N+]=NCCc1cc(C(F)(F)F)n[nH]1. The van der Waals surface area contributed by atoms with Crippen molar-refractivity contribution in [2.24, 2.45) is 5.11 Å². The third-order valence-electron chi connectivity index (χ3n) is 1.47. The third-order valence-corrected chi connectivity index (χ3v) is 1.47. The fourth-order valence-corrected chi connectivity index (χ4v) is 0.850. The highest BCUT2D eigenvalue weighted by molar-refractivity contribution is 5.11. The molecular weight excluding hydrogens is 199 g/mol. The maximum atomic E-state index is 12.0. The zero-order valence-electron chi connectivity index (χ0n) is 6.91. The zero-order chi connectivity index (χ0) is 10.6. The number of rotatable bonds is 3. The monoisotopic (exact) mass is 205 g/mol. The molecule has 8 heteroatoms. The predicted octanol–water partition coefficient (Wildman–Crippen LogP) is 2.28. The van der Waals surface area contributed by atoms with Crippen LogP contribution in [-0.4, -0.2) is 16.7 Å². The molecule has 0 saturated heterocycles. The van der Waals surface area contributed by atoms with Gasteiger partial charge < -0.3 is 0 Å². The third kappa shape index (κ3) is 2.67. The number of hydrogen-bond donors (Lipinski definition) is 1. The van der Waals surface area contributed by atoms with Crippen LogP contribution in [0.5, 0.6) is 0 Å². The summed E-state index contributed by atoms with van der Waals surface area (Å²) in [5, 5.41) is 8.49. The molecule has 1 N–H and O–H groups in total. The second-order valence-electron chi connectivity index (χ2n) is 2.48. The first-order chi connectivity index (χ1) is 6.54. The number of azide groups is 1. The molecule has 0 aliphatic heterocycles. The van der Waals surface area contributed by atoms with Crippen LogP contribution in [0.25, 0.3) is 10.4 Å². The van der Waals surface area contributed by atoms with E-state index in [9.17, 15) is 13.2 Å². The first kappa shape index (κ1) is 10.4.